The topological polar surface area (TPSA) is 55.6 Å². The lowest BCUT2D eigenvalue weighted by Gasteiger charge is -2.37. The van der Waals surface area contributed by atoms with Crippen molar-refractivity contribution in [3.05, 3.63) is 101 Å². The van der Waals surface area contributed by atoms with Gasteiger partial charge in [-0.05, 0) is 65.8 Å². The van der Waals surface area contributed by atoms with Gasteiger partial charge in [0, 0.05) is 19.5 Å². The van der Waals surface area contributed by atoms with Crippen molar-refractivity contribution in [2.45, 2.75) is 24.7 Å². The number of hydrogen-bond acceptors (Lipinski definition) is 3. The van der Waals surface area contributed by atoms with Crippen molar-refractivity contribution in [1.29, 1.82) is 0 Å². The van der Waals surface area contributed by atoms with E-state index in [9.17, 15) is 9.18 Å². The molecule has 4 nitrogen and oxygen atoms in total. The molecule has 1 amide bonds. The van der Waals surface area contributed by atoms with Gasteiger partial charge in [-0.15, -0.1) is 0 Å². The molecule has 3 aromatic carbocycles. The second kappa shape index (κ2) is 8.99. The Labute approximate surface area is 194 Å². The van der Waals surface area contributed by atoms with E-state index in [-0.39, 0.29) is 17.6 Å². The Morgan fingerprint density at radius 1 is 1.06 bits per heavy atom. The minimum atomic E-state index is -0.991. The molecule has 0 aliphatic carbocycles. The fourth-order valence-electron chi connectivity index (χ4n) is 5.61. The molecule has 5 heteroatoms. The zero-order valence-corrected chi connectivity index (χ0v) is 18.7. The predicted octanol–water partition coefficient (Wildman–Crippen LogP) is 4.10. The molecule has 2 aliphatic heterocycles. The Balaban J connectivity index is 1.39. The smallest absolute Gasteiger partial charge is 0.232 e. The normalized spacial score (nSPS) is 19.6. The number of likely N-dealkylation sites (tertiary alicyclic amines) is 1. The zero-order valence-electron chi connectivity index (χ0n) is 18.7. The molecule has 1 saturated heterocycles. The second-order valence-electron chi connectivity index (χ2n) is 9.12. The van der Waals surface area contributed by atoms with Gasteiger partial charge in [-0.2, -0.15) is 0 Å². The van der Waals surface area contributed by atoms with Gasteiger partial charge in [-0.3, -0.25) is 4.79 Å². The van der Waals surface area contributed by atoms with Gasteiger partial charge >= 0.3 is 0 Å². The number of hydrogen-bond donors (Lipinski definition) is 1. The largest absolute Gasteiger partial charge is 0.493 e. The summed E-state index contributed by atoms with van der Waals surface area (Å²) in [5, 5.41) is 0. The minimum Gasteiger partial charge on any atom is -0.493 e. The molecule has 170 valence electrons. The van der Waals surface area contributed by atoms with Crippen molar-refractivity contribution in [3.8, 4) is 5.75 Å². The quantitative estimate of drug-likeness (QED) is 0.597. The molecule has 2 N–H and O–H groups in total. The van der Waals surface area contributed by atoms with Gasteiger partial charge < -0.3 is 15.4 Å². The Bertz CT molecular complexity index is 1130. The Morgan fingerprint density at radius 3 is 2.58 bits per heavy atom. The van der Waals surface area contributed by atoms with E-state index in [1.54, 1.807) is 12.1 Å². The molecule has 0 spiro atoms. The molecule has 0 saturated carbocycles. The van der Waals surface area contributed by atoms with E-state index in [1.165, 1.54) is 23.3 Å². The van der Waals surface area contributed by atoms with E-state index in [4.69, 9.17) is 10.5 Å². The van der Waals surface area contributed by atoms with Crippen LogP contribution in [0.4, 0.5) is 4.39 Å². The van der Waals surface area contributed by atoms with Crippen LogP contribution in [0.3, 0.4) is 0 Å². The van der Waals surface area contributed by atoms with E-state index in [0.717, 1.165) is 62.4 Å². The van der Waals surface area contributed by atoms with E-state index < -0.39 is 5.41 Å². The summed E-state index contributed by atoms with van der Waals surface area (Å²) in [5.74, 6) is 0.313. The van der Waals surface area contributed by atoms with Crippen molar-refractivity contribution in [3.63, 3.8) is 0 Å². The molecular formula is C28H29FN2O2. The highest BCUT2D eigenvalue weighted by Crippen LogP contribution is 2.43. The predicted molar refractivity (Wildman–Crippen MR) is 127 cm³/mol. The van der Waals surface area contributed by atoms with Gasteiger partial charge in [0.05, 0.1) is 6.61 Å². The highest BCUT2D eigenvalue weighted by atomic mass is 19.1. The third kappa shape index (κ3) is 4.02. The summed E-state index contributed by atoms with van der Waals surface area (Å²) in [5.41, 5.74) is 9.39. The van der Waals surface area contributed by atoms with Gasteiger partial charge in [0.1, 0.15) is 17.0 Å². The third-order valence-corrected chi connectivity index (χ3v) is 7.27. The van der Waals surface area contributed by atoms with Crippen LogP contribution in [0.15, 0.2) is 72.8 Å². The molecular weight excluding hydrogens is 415 g/mol. The van der Waals surface area contributed by atoms with Crippen molar-refractivity contribution in [2.75, 3.05) is 26.2 Å². The third-order valence-electron chi connectivity index (χ3n) is 7.27. The number of ether oxygens (including phenoxy) is 1. The van der Waals surface area contributed by atoms with E-state index in [1.807, 2.05) is 30.3 Å². The summed E-state index contributed by atoms with van der Waals surface area (Å²) < 4.78 is 19.3. The van der Waals surface area contributed by atoms with E-state index in [2.05, 4.69) is 23.1 Å². The maximum atomic E-state index is 13.7. The van der Waals surface area contributed by atoms with Crippen LogP contribution >= 0.6 is 0 Å². The van der Waals surface area contributed by atoms with Gasteiger partial charge in [0.2, 0.25) is 5.91 Å². The van der Waals surface area contributed by atoms with Crippen LogP contribution in [0.1, 0.15) is 28.7 Å². The lowest BCUT2D eigenvalue weighted by molar-refractivity contribution is -0.123. The average Bonchev–Trinajstić information content (AvgIpc) is 3.49. The minimum absolute atomic E-state index is 0.0104. The van der Waals surface area contributed by atoms with Crippen LogP contribution in [-0.2, 0) is 23.1 Å². The standard InChI is InChI=1S/C28H29FN2O2/c29-25-9-7-23(8-10-25)28(27(30)32,22-4-2-1-3-5-22)24-13-16-31(19-24)15-12-20-6-11-26-21(18-20)14-17-33-26/h1-11,18,24H,12-17,19H2,(H2,30,32). The molecule has 0 aromatic heterocycles. The molecule has 5 rings (SSSR count). The van der Waals surface area contributed by atoms with Crippen LogP contribution in [-0.4, -0.2) is 37.0 Å². The first-order valence-electron chi connectivity index (χ1n) is 11.7. The molecule has 0 bridgehead atoms. The van der Waals surface area contributed by atoms with E-state index >= 15 is 0 Å². The fraction of sp³-hybridized carbons (Fsp3) is 0.321. The zero-order chi connectivity index (χ0) is 22.8. The average molecular weight is 445 g/mol. The number of rotatable bonds is 7. The van der Waals surface area contributed by atoms with Gasteiger partial charge in [0.25, 0.3) is 0 Å². The summed E-state index contributed by atoms with van der Waals surface area (Å²) in [6.07, 6.45) is 2.78. The molecule has 2 atom stereocenters. The van der Waals surface area contributed by atoms with E-state index in [0.29, 0.717) is 0 Å². The maximum absolute atomic E-state index is 13.7. The molecule has 33 heavy (non-hydrogen) atoms. The summed E-state index contributed by atoms with van der Waals surface area (Å²) in [4.78, 5) is 15.6. The van der Waals surface area contributed by atoms with Crippen LogP contribution in [0.5, 0.6) is 5.75 Å². The van der Waals surface area contributed by atoms with Crippen molar-refractivity contribution in [1.82, 2.24) is 4.90 Å². The number of halogens is 1. The molecule has 3 aromatic rings. The van der Waals surface area contributed by atoms with Gasteiger partial charge in [0.15, 0.2) is 0 Å². The van der Waals surface area contributed by atoms with Crippen LogP contribution in [0.25, 0.3) is 0 Å². The molecule has 1 fully saturated rings. The number of fused-ring (bicyclic) bond motifs is 1. The van der Waals surface area contributed by atoms with Crippen LogP contribution < -0.4 is 10.5 Å². The second-order valence-corrected chi connectivity index (χ2v) is 9.12. The summed E-state index contributed by atoms with van der Waals surface area (Å²) in [6.45, 7) is 3.36. The summed E-state index contributed by atoms with van der Waals surface area (Å²) in [7, 11) is 0. The number of amides is 1. The highest BCUT2D eigenvalue weighted by Gasteiger charge is 2.49. The summed E-state index contributed by atoms with van der Waals surface area (Å²) >= 11 is 0. The number of carbonyl (C=O) groups is 1. The maximum Gasteiger partial charge on any atom is 0.232 e. The number of nitrogens with two attached hydrogens (primary N) is 1. The van der Waals surface area contributed by atoms with Crippen molar-refractivity contribution >= 4 is 5.91 Å². The highest BCUT2D eigenvalue weighted by molar-refractivity contribution is 5.91. The van der Waals surface area contributed by atoms with Gasteiger partial charge in [-0.25, -0.2) is 4.39 Å². The number of carbonyl (C=O) groups excluding carboxylic acids is 1. The Kier molecular flexibility index (Phi) is 5.90. The van der Waals surface area contributed by atoms with Crippen LogP contribution in [0.2, 0.25) is 0 Å². The lowest BCUT2D eigenvalue weighted by atomic mass is 9.64. The van der Waals surface area contributed by atoms with Crippen LogP contribution in [0, 0.1) is 11.7 Å². The summed E-state index contributed by atoms with van der Waals surface area (Å²) in [6, 6.07) is 22.5. The Morgan fingerprint density at radius 2 is 1.82 bits per heavy atom. The number of nitrogens with zero attached hydrogens (tertiary/aromatic N) is 1. The first kappa shape index (κ1) is 21.7. The number of benzene rings is 3. The number of primary amides is 1. The molecule has 2 heterocycles. The molecule has 0 radical (unpaired) electrons. The monoisotopic (exact) mass is 444 g/mol. The molecule has 2 aliphatic rings. The lowest BCUT2D eigenvalue weighted by Crippen LogP contribution is -2.49. The fourth-order valence-corrected chi connectivity index (χ4v) is 5.61. The van der Waals surface area contributed by atoms with Crippen molar-refractivity contribution < 1.29 is 13.9 Å². The molecule has 2 unspecified atom stereocenters. The van der Waals surface area contributed by atoms with Gasteiger partial charge in [-0.1, -0.05) is 54.6 Å². The first-order chi connectivity index (χ1) is 16.1. The SMILES string of the molecule is NC(=O)C(c1ccccc1)(c1ccc(F)cc1)C1CCN(CCc2ccc3c(c2)CCO3)C1. The van der Waals surface area contributed by atoms with Crippen molar-refractivity contribution in [2.24, 2.45) is 11.7 Å². The Hall–Kier alpha value is -3.18. The first-order valence-corrected chi connectivity index (χ1v) is 11.7.